The molecule has 1 aliphatic heterocycles. The van der Waals surface area contributed by atoms with Crippen molar-refractivity contribution >= 4 is 33.1 Å². The van der Waals surface area contributed by atoms with Crippen molar-refractivity contribution in [1.29, 1.82) is 0 Å². The maximum absolute atomic E-state index is 5.74. The van der Waals surface area contributed by atoms with Crippen molar-refractivity contribution in [3.05, 3.63) is 46.6 Å². The molecule has 0 spiro atoms. The maximum Gasteiger partial charge on any atom is 0.147 e. The summed E-state index contributed by atoms with van der Waals surface area (Å²) in [6, 6.07) is 10.4. The van der Waals surface area contributed by atoms with Crippen LogP contribution in [0.5, 0.6) is 0 Å². The predicted molar refractivity (Wildman–Crippen MR) is 78.1 cm³/mol. The summed E-state index contributed by atoms with van der Waals surface area (Å²) in [5, 5.41) is 0. The first-order valence-corrected chi connectivity index (χ1v) is 6.81. The standard InChI is InChI=1S/C14H14BrN3/c15-12-8-11(16)9-17-14(12)18-7-3-5-10-4-1-2-6-13(10)18/h1-2,4,6,8-9H,3,5,7,16H2. The number of halogens is 1. The van der Waals surface area contributed by atoms with Gasteiger partial charge in [-0.2, -0.15) is 0 Å². The van der Waals surface area contributed by atoms with Gasteiger partial charge in [0.05, 0.1) is 16.4 Å². The third-order valence-corrected chi connectivity index (χ3v) is 3.79. The zero-order valence-corrected chi connectivity index (χ0v) is 11.5. The van der Waals surface area contributed by atoms with Gasteiger partial charge in [0.1, 0.15) is 5.82 Å². The van der Waals surface area contributed by atoms with E-state index in [1.807, 2.05) is 6.07 Å². The maximum atomic E-state index is 5.74. The highest BCUT2D eigenvalue weighted by molar-refractivity contribution is 9.10. The number of hydrogen-bond acceptors (Lipinski definition) is 3. The van der Waals surface area contributed by atoms with Crippen molar-refractivity contribution in [3.8, 4) is 0 Å². The van der Waals surface area contributed by atoms with E-state index >= 15 is 0 Å². The first-order chi connectivity index (χ1) is 8.75. The molecule has 1 aromatic carbocycles. The van der Waals surface area contributed by atoms with Gasteiger partial charge in [-0.25, -0.2) is 4.98 Å². The van der Waals surface area contributed by atoms with Crippen LogP contribution in [0.4, 0.5) is 17.2 Å². The van der Waals surface area contributed by atoms with E-state index in [0.717, 1.165) is 29.7 Å². The van der Waals surface area contributed by atoms with E-state index in [4.69, 9.17) is 5.73 Å². The second-order valence-electron chi connectivity index (χ2n) is 4.46. The van der Waals surface area contributed by atoms with Crippen molar-refractivity contribution in [3.63, 3.8) is 0 Å². The van der Waals surface area contributed by atoms with Crippen molar-refractivity contribution in [1.82, 2.24) is 4.98 Å². The lowest BCUT2D eigenvalue weighted by atomic mass is 10.0. The average Bonchev–Trinajstić information content (AvgIpc) is 2.38. The van der Waals surface area contributed by atoms with Gasteiger partial charge in [-0.05, 0) is 46.5 Å². The summed E-state index contributed by atoms with van der Waals surface area (Å²) in [5.41, 5.74) is 9.05. The quantitative estimate of drug-likeness (QED) is 0.876. The number of nitrogens with zero attached hydrogens (tertiary/aromatic N) is 2. The summed E-state index contributed by atoms with van der Waals surface area (Å²) >= 11 is 3.55. The molecule has 0 saturated heterocycles. The van der Waals surface area contributed by atoms with Crippen LogP contribution < -0.4 is 10.6 Å². The third-order valence-electron chi connectivity index (χ3n) is 3.21. The molecule has 0 bridgehead atoms. The minimum absolute atomic E-state index is 0.677. The van der Waals surface area contributed by atoms with Crippen molar-refractivity contribution in [2.45, 2.75) is 12.8 Å². The number of rotatable bonds is 1. The minimum Gasteiger partial charge on any atom is -0.397 e. The fourth-order valence-electron chi connectivity index (χ4n) is 2.40. The Balaban J connectivity index is 2.08. The van der Waals surface area contributed by atoms with Crippen molar-refractivity contribution in [2.75, 3.05) is 17.2 Å². The molecule has 3 nitrogen and oxygen atoms in total. The number of fused-ring (bicyclic) bond motifs is 1. The fourth-order valence-corrected chi connectivity index (χ4v) is 2.98. The summed E-state index contributed by atoms with van der Waals surface area (Å²) in [6.07, 6.45) is 3.99. The molecule has 0 atom stereocenters. The number of aryl methyl sites for hydroxylation is 1. The molecule has 0 fully saturated rings. The van der Waals surface area contributed by atoms with E-state index in [9.17, 15) is 0 Å². The molecular formula is C14H14BrN3. The Hall–Kier alpha value is -1.55. The molecule has 2 aromatic rings. The monoisotopic (exact) mass is 303 g/mol. The molecule has 0 saturated carbocycles. The lowest BCUT2D eigenvalue weighted by molar-refractivity contribution is 0.758. The van der Waals surface area contributed by atoms with Gasteiger partial charge in [-0.15, -0.1) is 0 Å². The Labute approximate surface area is 115 Å². The summed E-state index contributed by atoms with van der Waals surface area (Å²) in [4.78, 5) is 6.71. The van der Waals surface area contributed by atoms with E-state index in [2.05, 4.69) is 50.1 Å². The van der Waals surface area contributed by atoms with Gasteiger partial charge >= 0.3 is 0 Å². The minimum atomic E-state index is 0.677. The number of nitrogen functional groups attached to an aromatic ring is 1. The van der Waals surface area contributed by atoms with Crippen LogP contribution in [0.3, 0.4) is 0 Å². The lowest BCUT2D eigenvalue weighted by Gasteiger charge is -2.31. The SMILES string of the molecule is Nc1cnc(N2CCCc3ccccc32)c(Br)c1. The Bertz CT molecular complexity index is 583. The molecule has 1 aromatic heterocycles. The van der Waals surface area contributed by atoms with Gasteiger partial charge in [0.15, 0.2) is 0 Å². The highest BCUT2D eigenvalue weighted by atomic mass is 79.9. The Morgan fingerprint density at radius 1 is 1.28 bits per heavy atom. The molecule has 18 heavy (non-hydrogen) atoms. The van der Waals surface area contributed by atoms with E-state index < -0.39 is 0 Å². The van der Waals surface area contributed by atoms with Crippen LogP contribution in [-0.4, -0.2) is 11.5 Å². The molecule has 1 aliphatic rings. The smallest absolute Gasteiger partial charge is 0.147 e. The summed E-state index contributed by atoms with van der Waals surface area (Å²) in [7, 11) is 0. The predicted octanol–water partition coefficient (Wildman–Crippen LogP) is 3.51. The molecule has 0 aliphatic carbocycles. The number of para-hydroxylation sites is 1. The average molecular weight is 304 g/mol. The molecule has 3 rings (SSSR count). The van der Waals surface area contributed by atoms with E-state index in [1.165, 1.54) is 11.3 Å². The molecule has 0 amide bonds. The highest BCUT2D eigenvalue weighted by Crippen LogP contribution is 2.36. The number of hydrogen-bond donors (Lipinski definition) is 1. The van der Waals surface area contributed by atoms with Crippen LogP contribution in [-0.2, 0) is 6.42 Å². The number of anilines is 3. The fraction of sp³-hybridized carbons (Fsp3) is 0.214. The van der Waals surface area contributed by atoms with Gasteiger partial charge in [0, 0.05) is 12.2 Å². The second-order valence-corrected chi connectivity index (χ2v) is 5.31. The third kappa shape index (κ3) is 1.97. The van der Waals surface area contributed by atoms with Gasteiger partial charge in [0.25, 0.3) is 0 Å². The second kappa shape index (κ2) is 4.61. The molecule has 92 valence electrons. The molecule has 0 unspecified atom stereocenters. The first-order valence-electron chi connectivity index (χ1n) is 6.02. The summed E-state index contributed by atoms with van der Waals surface area (Å²) in [6.45, 7) is 0.993. The molecule has 4 heteroatoms. The van der Waals surface area contributed by atoms with Crippen LogP contribution in [0.2, 0.25) is 0 Å². The van der Waals surface area contributed by atoms with Crippen LogP contribution >= 0.6 is 15.9 Å². The van der Waals surface area contributed by atoms with Crippen LogP contribution in [0.1, 0.15) is 12.0 Å². The van der Waals surface area contributed by atoms with Crippen molar-refractivity contribution < 1.29 is 0 Å². The zero-order chi connectivity index (χ0) is 12.5. The van der Waals surface area contributed by atoms with Crippen LogP contribution in [0.15, 0.2) is 41.0 Å². The Morgan fingerprint density at radius 3 is 2.94 bits per heavy atom. The summed E-state index contributed by atoms with van der Waals surface area (Å²) in [5.74, 6) is 0.941. The van der Waals surface area contributed by atoms with E-state index in [1.54, 1.807) is 6.20 Å². The van der Waals surface area contributed by atoms with Gasteiger partial charge in [-0.3, -0.25) is 0 Å². The Kier molecular flexibility index (Phi) is 2.96. The lowest BCUT2D eigenvalue weighted by Crippen LogP contribution is -2.25. The summed E-state index contributed by atoms with van der Waals surface area (Å²) < 4.78 is 0.944. The van der Waals surface area contributed by atoms with Crippen molar-refractivity contribution in [2.24, 2.45) is 0 Å². The topological polar surface area (TPSA) is 42.1 Å². The molecule has 0 radical (unpaired) electrons. The highest BCUT2D eigenvalue weighted by Gasteiger charge is 2.20. The van der Waals surface area contributed by atoms with Crippen LogP contribution in [0, 0.1) is 0 Å². The number of aromatic nitrogens is 1. The molecule has 2 N–H and O–H groups in total. The van der Waals surface area contributed by atoms with Crippen LogP contribution in [0.25, 0.3) is 0 Å². The molecular weight excluding hydrogens is 290 g/mol. The van der Waals surface area contributed by atoms with Gasteiger partial charge < -0.3 is 10.6 Å². The van der Waals surface area contributed by atoms with Gasteiger partial charge in [-0.1, -0.05) is 18.2 Å². The number of benzene rings is 1. The normalized spacial score (nSPS) is 14.4. The molecule has 2 heterocycles. The first kappa shape index (κ1) is 11.5. The van der Waals surface area contributed by atoms with E-state index in [-0.39, 0.29) is 0 Å². The number of nitrogens with two attached hydrogens (primary N) is 1. The largest absolute Gasteiger partial charge is 0.397 e. The van der Waals surface area contributed by atoms with E-state index in [0.29, 0.717) is 5.69 Å². The van der Waals surface area contributed by atoms with Gasteiger partial charge in [0.2, 0.25) is 0 Å². The Morgan fingerprint density at radius 2 is 2.11 bits per heavy atom. The number of pyridine rings is 1. The zero-order valence-electron chi connectivity index (χ0n) is 9.94.